The average Bonchev–Trinajstić information content (AvgIpc) is 2.40. The highest BCUT2D eigenvalue weighted by atomic mass is 35.5. The van der Waals surface area contributed by atoms with Gasteiger partial charge < -0.3 is 0 Å². The summed E-state index contributed by atoms with van der Waals surface area (Å²) < 4.78 is 0. The Morgan fingerprint density at radius 3 is 2.67 bits per heavy atom. The maximum absolute atomic E-state index is 12.4. The van der Waals surface area contributed by atoms with Crippen LogP contribution in [0.15, 0.2) is 24.3 Å². The Bertz CT molecular complexity index is 455. The molecular formula is C14H17ClN2O. The minimum Gasteiger partial charge on any atom is -0.299 e. The summed E-state index contributed by atoms with van der Waals surface area (Å²) in [5.41, 5.74) is 1.02. The van der Waals surface area contributed by atoms with Crippen LogP contribution in [-0.2, 0) is 11.2 Å². The summed E-state index contributed by atoms with van der Waals surface area (Å²) in [6.45, 7) is 5.19. The lowest BCUT2D eigenvalue weighted by atomic mass is 9.98. The zero-order chi connectivity index (χ0) is 12.5. The van der Waals surface area contributed by atoms with Crippen molar-refractivity contribution in [3.8, 4) is 0 Å². The first kappa shape index (κ1) is 12.2. The Kier molecular flexibility index (Phi) is 3.37. The smallest absolute Gasteiger partial charge is 0.155 e. The van der Waals surface area contributed by atoms with Crippen LogP contribution < -0.4 is 0 Å². The molecule has 18 heavy (non-hydrogen) atoms. The fraction of sp³-hybridized carbons (Fsp3) is 0.500. The van der Waals surface area contributed by atoms with Gasteiger partial charge in [-0.25, -0.2) is 0 Å². The summed E-state index contributed by atoms with van der Waals surface area (Å²) >= 11 is 5.95. The number of carbonyl (C=O) groups is 1. The number of halogens is 1. The van der Waals surface area contributed by atoms with Crippen molar-refractivity contribution in [2.75, 3.05) is 32.7 Å². The van der Waals surface area contributed by atoms with E-state index in [0.29, 0.717) is 17.2 Å². The van der Waals surface area contributed by atoms with Crippen LogP contribution in [0.5, 0.6) is 0 Å². The fourth-order valence-electron chi connectivity index (χ4n) is 2.89. The lowest BCUT2D eigenvalue weighted by molar-refractivity contribution is -0.128. The molecule has 1 unspecified atom stereocenters. The molecule has 4 rings (SSSR count). The Labute approximate surface area is 112 Å². The number of piperazine rings is 3. The quantitative estimate of drug-likeness (QED) is 0.826. The van der Waals surface area contributed by atoms with Gasteiger partial charge in [0.25, 0.3) is 0 Å². The molecule has 0 saturated carbocycles. The predicted octanol–water partition coefficient (Wildman–Crippen LogP) is 1.45. The summed E-state index contributed by atoms with van der Waals surface area (Å²) in [6.07, 6.45) is 0.496. The summed E-state index contributed by atoms with van der Waals surface area (Å²) in [7, 11) is 0. The van der Waals surface area contributed by atoms with Crippen molar-refractivity contribution in [1.29, 1.82) is 0 Å². The van der Waals surface area contributed by atoms with Crippen LogP contribution in [0.2, 0.25) is 5.02 Å². The van der Waals surface area contributed by atoms with E-state index < -0.39 is 0 Å². The monoisotopic (exact) mass is 264 g/mol. The van der Waals surface area contributed by atoms with Gasteiger partial charge >= 0.3 is 0 Å². The Hall–Kier alpha value is -0.900. The van der Waals surface area contributed by atoms with Gasteiger partial charge in [-0.2, -0.15) is 0 Å². The van der Waals surface area contributed by atoms with Crippen molar-refractivity contribution < 1.29 is 4.79 Å². The van der Waals surface area contributed by atoms with Crippen LogP contribution in [0, 0.1) is 0 Å². The number of hydrogen-bond donors (Lipinski definition) is 0. The topological polar surface area (TPSA) is 23.6 Å². The van der Waals surface area contributed by atoms with E-state index in [1.54, 1.807) is 0 Å². The van der Waals surface area contributed by atoms with E-state index >= 15 is 0 Å². The zero-order valence-corrected chi connectivity index (χ0v) is 11.1. The molecule has 4 heteroatoms. The number of carbonyl (C=O) groups excluding carboxylic acids is 1. The maximum Gasteiger partial charge on any atom is 0.155 e. The molecule has 3 fully saturated rings. The van der Waals surface area contributed by atoms with Crippen LogP contribution in [0.25, 0.3) is 0 Å². The molecule has 0 N–H and O–H groups in total. The fourth-order valence-corrected chi connectivity index (χ4v) is 3.10. The number of ketones is 1. The molecule has 1 aromatic carbocycles. The van der Waals surface area contributed by atoms with E-state index in [1.165, 1.54) is 0 Å². The number of fused-ring (bicyclic) bond motifs is 3. The summed E-state index contributed by atoms with van der Waals surface area (Å²) in [4.78, 5) is 17.1. The molecule has 0 spiro atoms. The second-order valence-corrected chi connectivity index (χ2v) is 5.56. The standard InChI is InChI=1S/C14H17ClN2O/c15-12-3-1-2-11(8-12)9-14(18)13-10-16-4-6-17(13)7-5-16/h1-3,8,13H,4-7,9-10H2. The van der Waals surface area contributed by atoms with Crippen molar-refractivity contribution in [2.45, 2.75) is 12.5 Å². The molecule has 96 valence electrons. The van der Waals surface area contributed by atoms with E-state index in [-0.39, 0.29) is 6.04 Å². The van der Waals surface area contributed by atoms with Gasteiger partial charge in [-0.3, -0.25) is 14.6 Å². The third-order valence-electron chi connectivity index (χ3n) is 3.92. The molecule has 0 aromatic heterocycles. The van der Waals surface area contributed by atoms with Crippen LogP contribution >= 0.6 is 11.6 Å². The molecule has 3 heterocycles. The van der Waals surface area contributed by atoms with Crippen LogP contribution in [-0.4, -0.2) is 54.3 Å². The van der Waals surface area contributed by atoms with Crippen LogP contribution in [0.3, 0.4) is 0 Å². The van der Waals surface area contributed by atoms with E-state index in [1.807, 2.05) is 24.3 Å². The van der Waals surface area contributed by atoms with Crippen LogP contribution in [0.4, 0.5) is 0 Å². The summed E-state index contributed by atoms with van der Waals surface area (Å²) in [5.74, 6) is 0.321. The molecule has 0 radical (unpaired) electrons. The van der Waals surface area contributed by atoms with Gasteiger partial charge in [-0.05, 0) is 17.7 Å². The predicted molar refractivity (Wildman–Crippen MR) is 72.0 cm³/mol. The molecule has 3 saturated heterocycles. The number of nitrogens with zero attached hydrogens (tertiary/aromatic N) is 2. The first-order chi connectivity index (χ1) is 8.72. The third-order valence-corrected chi connectivity index (χ3v) is 4.15. The zero-order valence-electron chi connectivity index (χ0n) is 10.3. The van der Waals surface area contributed by atoms with Crippen molar-refractivity contribution in [1.82, 2.24) is 9.80 Å². The molecule has 1 atom stereocenters. The van der Waals surface area contributed by atoms with Gasteiger partial charge in [0.1, 0.15) is 0 Å². The lowest BCUT2D eigenvalue weighted by Crippen LogP contribution is -2.63. The molecule has 2 bridgehead atoms. The van der Waals surface area contributed by atoms with Gasteiger partial charge in [0.2, 0.25) is 0 Å². The van der Waals surface area contributed by atoms with Crippen molar-refractivity contribution in [3.05, 3.63) is 34.9 Å². The summed E-state index contributed by atoms with van der Waals surface area (Å²) in [5, 5.41) is 0.703. The Balaban J connectivity index is 1.68. The molecule has 0 aliphatic carbocycles. The normalized spacial score (nSPS) is 30.4. The molecule has 3 aliphatic rings. The van der Waals surface area contributed by atoms with Gasteiger partial charge in [0.15, 0.2) is 5.78 Å². The second-order valence-electron chi connectivity index (χ2n) is 5.13. The van der Waals surface area contributed by atoms with Crippen molar-refractivity contribution in [2.24, 2.45) is 0 Å². The minimum atomic E-state index is 0.0893. The first-order valence-electron chi connectivity index (χ1n) is 6.46. The lowest BCUT2D eigenvalue weighted by Gasteiger charge is -2.46. The van der Waals surface area contributed by atoms with Crippen molar-refractivity contribution in [3.63, 3.8) is 0 Å². The van der Waals surface area contributed by atoms with Gasteiger partial charge in [0, 0.05) is 44.2 Å². The summed E-state index contributed by atoms with van der Waals surface area (Å²) in [6, 6.07) is 7.69. The molecular weight excluding hydrogens is 248 g/mol. The first-order valence-corrected chi connectivity index (χ1v) is 6.84. The highest BCUT2D eigenvalue weighted by molar-refractivity contribution is 6.30. The highest BCUT2D eigenvalue weighted by Gasteiger charge is 2.35. The molecule has 0 amide bonds. The highest BCUT2D eigenvalue weighted by Crippen LogP contribution is 2.18. The SMILES string of the molecule is O=C(Cc1cccc(Cl)c1)C1CN2CCN1CC2. The van der Waals surface area contributed by atoms with E-state index in [9.17, 15) is 4.79 Å². The Morgan fingerprint density at radius 1 is 1.28 bits per heavy atom. The molecule has 1 aromatic rings. The second kappa shape index (κ2) is 5.00. The number of rotatable bonds is 3. The number of Topliss-reactive ketones (excluding diaryl/α,β-unsaturated/α-hetero) is 1. The van der Waals surface area contributed by atoms with Crippen molar-refractivity contribution >= 4 is 17.4 Å². The molecule has 3 nitrogen and oxygen atoms in total. The van der Waals surface area contributed by atoms with E-state index in [4.69, 9.17) is 11.6 Å². The Morgan fingerprint density at radius 2 is 2.06 bits per heavy atom. The minimum absolute atomic E-state index is 0.0893. The van der Waals surface area contributed by atoms with Gasteiger partial charge in [-0.15, -0.1) is 0 Å². The van der Waals surface area contributed by atoms with E-state index in [0.717, 1.165) is 38.3 Å². The average molecular weight is 265 g/mol. The number of hydrogen-bond acceptors (Lipinski definition) is 3. The van der Waals surface area contributed by atoms with Gasteiger partial charge in [-0.1, -0.05) is 23.7 Å². The third kappa shape index (κ3) is 2.44. The van der Waals surface area contributed by atoms with Crippen LogP contribution in [0.1, 0.15) is 5.56 Å². The van der Waals surface area contributed by atoms with E-state index in [2.05, 4.69) is 9.80 Å². The maximum atomic E-state index is 12.4. The van der Waals surface area contributed by atoms with Gasteiger partial charge in [0.05, 0.1) is 6.04 Å². The largest absolute Gasteiger partial charge is 0.299 e. The molecule has 3 aliphatic heterocycles. The number of benzene rings is 1.